The van der Waals surface area contributed by atoms with Gasteiger partial charge in [0.25, 0.3) is 0 Å². The monoisotopic (exact) mass is 503 g/mol. The van der Waals surface area contributed by atoms with Gasteiger partial charge in [0, 0.05) is 30.0 Å². The SMILES string of the molecule is Cc1ccc(Oc2ccc(N3C(=S)N[C@H](c4ccccn4)[C@@H]3c3cccn3-c3ccccn3)cc2)cc1. The van der Waals surface area contributed by atoms with Crippen LogP contribution < -0.4 is 15.0 Å². The number of aromatic nitrogens is 3. The summed E-state index contributed by atoms with van der Waals surface area (Å²) in [5.41, 5.74) is 4.14. The minimum Gasteiger partial charge on any atom is -0.457 e. The van der Waals surface area contributed by atoms with Gasteiger partial charge in [-0.2, -0.15) is 0 Å². The smallest absolute Gasteiger partial charge is 0.174 e. The number of rotatable bonds is 6. The van der Waals surface area contributed by atoms with Crippen LogP contribution in [0.5, 0.6) is 11.5 Å². The minimum absolute atomic E-state index is 0.144. The summed E-state index contributed by atoms with van der Waals surface area (Å²) < 4.78 is 8.16. The summed E-state index contributed by atoms with van der Waals surface area (Å²) in [7, 11) is 0. The van der Waals surface area contributed by atoms with E-state index in [-0.39, 0.29) is 12.1 Å². The molecule has 6 nitrogen and oxygen atoms in total. The molecule has 6 rings (SSSR count). The molecule has 1 aliphatic heterocycles. The molecular weight excluding hydrogens is 478 g/mol. The number of nitrogens with one attached hydrogen (secondary N) is 1. The lowest BCUT2D eigenvalue weighted by Crippen LogP contribution is -2.30. The number of pyridine rings is 2. The normalized spacial score (nSPS) is 17.0. The van der Waals surface area contributed by atoms with Crippen molar-refractivity contribution in [1.29, 1.82) is 0 Å². The van der Waals surface area contributed by atoms with Gasteiger partial charge in [0.2, 0.25) is 0 Å². The number of aryl methyl sites for hydroxylation is 1. The van der Waals surface area contributed by atoms with Crippen molar-refractivity contribution in [2.75, 3.05) is 4.90 Å². The number of ether oxygens (including phenoxy) is 1. The van der Waals surface area contributed by atoms with Gasteiger partial charge >= 0.3 is 0 Å². The maximum Gasteiger partial charge on any atom is 0.174 e. The highest BCUT2D eigenvalue weighted by Crippen LogP contribution is 2.42. The minimum atomic E-state index is -0.150. The molecule has 3 aromatic heterocycles. The predicted molar refractivity (Wildman–Crippen MR) is 149 cm³/mol. The second-order valence-electron chi connectivity index (χ2n) is 8.90. The van der Waals surface area contributed by atoms with E-state index in [0.29, 0.717) is 5.11 Å². The predicted octanol–water partition coefficient (Wildman–Crippen LogP) is 6.55. The van der Waals surface area contributed by atoms with Crippen LogP contribution in [0.2, 0.25) is 0 Å². The van der Waals surface area contributed by atoms with Gasteiger partial charge in [-0.05, 0) is 91.9 Å². The first kappa shape index (κ1) is 22.9. The lowest BCUT2D eigenvalue weighted by molar-refractivity contribution is 0.482. The van der Waals surface area contributed by atoms with Gasteiger partial charge in [0.05, 0.1) is 11.7 Å². The molecule has 0 aliphatic carbocycles. The summed E-state index contributed by atoms with van der Waals surface area (Å²) >= 11 is 5.89. The van der Waals surface area contributed by atoms with E-state index in [2.05, 4.69) is 37.7 Å². The second-order valence-corrected chi connectivity index (χ2v) is 9.28. The van der Waals surface area contributed by atoms with Crippen molar-refractivity contribution in [1.82, 2.24) is 19.9 Å². The summed E-state index contributed by atoms with van der Waals surface area (Å²) in [5.74, 6) is 2.42. The average Bonchev–Trinajstić information content (AvgIpc) is 3.56. The number of thiocarbonyl (C=S) groups is 1. The number of hydrogen-bond acceptors (Lipinski definition) is 4. The van der Waals surface area contributed by atoms with E-state index in [1.165, 1.54) is 5.56 Å². The first-order valence-electron chi connectivity index (χ1n) is 12.1. The Bertz CT molecular complexity index is 1500. The quantitative estimate of drug-likeness (QED) is 0.265. The van der Waals surface area contributed by atoms with Crippen molar-refractivity contribution in [2.45, 2.75) is 19.0 Å². The van der Waals surface area contributed by atoms with E-state index in [1.54, 1.807) is 6.20 Å². The van der Waals surface area contributed by atoms with Crippen molar-refractivity contribution >= 4 is 23.0 Å². The highest BCUT2D eigenvalue weighted by atomic mass is 32.1. The molecule has 0 unspecified atom stereocenters. The van der Waals surface area contributed by atoms with E-state index < -0.39 is 0 Å². The summed E-state index contributed by atoms with van der Waals surface area (Å²) in [6.45, 7) is 2.06. The fourth-order valence-electron chi connectivity index (χ4n) is 4.69. The van der Waals surface area contributed by atoms with Crippen molar-refractivity contribution < 1.29 is 4.74 Å². The van der Waals surface area contributed by atoms with Crippen molar-refractivity contribution in [3.8, 4) is 17.3 Å². The zero-order valence-electron chi connectivity index (χ0n) is 20.2. The van der Waals surface area contributed by atoms with Crippen LogP contribution in [0.1, 0.15) is 29.0 Å². The van der Waals surface area contributed by atoms with Gasteiger partial charge in [-0.3, -0.25) is 4.98 Å². The molecule has 1 N–H and O–H groups in total. The summed E-state index contributed by atoms with van der Waals surface area (Å²) in [4.78, 5) is 11.4. The molecular formula is C30H25N5OS. The first-order valence-corrected chi connectivity index (χ1v) is 12.5. The third-order valence-electron chi connectivity index (χ3n) is 6.45. The standard InChI is InChI=1S/C30H25N5OS/c1-21-10-14-23(15-11-21)36-24-16-12-22(13-17-24)35-29(28(33-30(35)37)25-7-2-4-18-31-25)26-8-6-20-34(26)27-9-3-5-19-32-27/h2-20,28-29H,1H3,(H,33,37)/t28-,29+/m1/s1. The molecule has 1 fully saturated rings. The van der Waals surface area contributed by atoms with Gasteiger partial charge in [0.15, 0.2) is 5.11 Å². The van der Waals surface area contributed by atoms with E-state index in [9.17, 15) is 0 Å². The number of anilines is 1. The highest BCUT2D eigenvalue weighted by Gasteiger charge is 2.42. The van der Waals surface area contributed by atoms with Crippen molar-refractivity contribution in [3.63, 3.8) is 0 Å². The molecule has 2 aromatic carbocycles. The molecule has 2 atom stereocenters. The lowest BCUT2D eigenvalue weighted by Gasteiger charge is -2.29. The largest absolute Gasteiger partial charge is 0.457 e. The molecule has 7 heteroatoms. The maximum atomic E-state index is 6.05. The Kier molecular flexibility index (Phi) is 6.12. The van der Waals surface area contributed by atoms with Gasteiger partial charge in [-0.15, -0.1) is 0 Å². The zero-order chi connectivity index (χ0) is 25.2. The second kappa shape index (κ2) is 9.87. The van der Waals surface area contributed by atoms with Gasteiger partial charge in [-0.25, -0.2) is 4.98 Å². The Labute approximate surface area is 221 Å². The van der Waals surface area contributed by atoms with Crippen LogP contribution in [0, 0.1) is 6.92 Å². The highest BCUT2D eigenvalue weighted by molar-refractivity contribution is 7.80. The van der Waals surface area contributed by atoms with Crippen LogP contribution in [-0.2, 0) is 0 Å². The zero-order valence-corrected chi connectivity index (χ0v) is 21.0. The molecule has 1 aliphatic rings. The first-order chi connectivity index (χ1) is 18.2. The lowest BCUT2D eigenvalue weighted by atomic mass is 10.0. The Hall–Kier alpha value is -4.49. The van der Waals surface area contributed by atoms with Crippen LogP contribution in [0.4, 0.5) is 5.69 Å². The Morgan fingerprint density at radius 2 is 1.49 bits per heavy atom. The Morgan fingerprint density at radius 3 is 2.16 bits per heavy atom. The van der Waals surface area contributed by atoms with E-state index in [1.807, 2.05) is 103 Å². The molecule has 0 amide bonds. The molecule has 37 heavy (non-hydrogen) atoms. The van der Waals surface area contributed by atoms with Gasteiger partial charge < -0.3 is 19.5 Å². The van der Waals surface area contributed by atoms with E-state index in [4.69, 9.17) is 17.0 Å². The number of benzene rings is 2. The van der Waals surface area contributed by atoms with Crippen LogP contribution in [0.15, 0.2) is 116 Å². The van der Waals surface area contributed by atoms with E-state index in [0.717, 1.165) is 34.4 Å². The molecule has 0 radical (unpaired) electrons. The maximum absolute atomic E-state index is 6.05. The molecule has 0 spiro atoms. The third-order valence-corrected chi connectivity index (χ3v) is 6.76. The van der Waals surface area contributed by atoms with Crippen LogP contribution >= 0.6 is 12.2 Å². The topological polar surface area (TPSA) is 55.2 Å². The van der Waals surface area contributed by atoms with Crippen molar-refractivity contribution in [2.24, 2.45) is 0 Å². The fourth-order valence-corrected chi connectivity index (χ4v) is 5.04. The summed E-state index contributed by atoms with van der Waals surface area (Å²) in [6.07, 6.45) is 5.65. The summed E-state index contributed by atoms with van der Waals surface area (Å²) in [5, 5.41) is 4.17. The molecule has 5 aromatic rings. The van der Waals surface area contributed by atoms with E-state index >= 15 is 0 Å². The van der Waals surface area contributed by atoms with Gasteiger partial charge in [-0.1, -0.05) is 29.8 Å². The number of nitrogens with zero attached hydrogens (tertiary/aromatic N) is 4. The van der Waals surface area contributed by atoms with Crippen LogP contribution in [-0.4, -0.2) is 19.6 Å². The molecule has 0 saturated carbocycles. The summed E-state index contributed by atoms with van der Waals surface area (Å²) in [6, 6.07) is 31.8. The van der Waals surface area contributed by atoms with Crippen LogP contribution in [0.3, 0.4) is 0 Å². The van der Waals surface area contributed by atoms with Gasteiger partial charge in [0.1, 0.15) is 23.4 Å². The van der Waals surface area contributed by atoms with Crippen molar-refractivity contribution in [3.05, 3.63) is 133 Å². The third kappa shape index (κ3) is 4.57. The fraction of sp³-hybridized carbons (Fsp3) is 0.100. The average molecular weight is 504 g/mol. The molecule has 1 saturated heterocycles. The molecule has 182 valence electrons. The Balaban J connectivity index is 1.38. The Morgan fingerprint density at radius 1 is 0.784 bits per heavy atom. The molecule has 4 heterocycles. The van der Waals surface area contributed by atoms with Crippen LogP contribution in [0.25, 0.3) is 5.82 Å². The molecule has 0 bridgehead atoms. The number of hydrogen-bond donors (Lipinski definition) is 1.